The summed E-state index contributed by atoms with van der Waals surface area (Å²) >= 11 is 0. The van der Waals surface area contributed by atoms with Crippen LogP contribution in [0.25, 0.3) is 0 Å². The Kier molecular flexibility index (Phi) is 4.01. The zero-order valence-electron chi connectivity index (χ0n) is 10.9. The summed E-state index contributed by atoms with van der Waals surface area (Å²) < 4.78 is 5.18. The van der Waals surface area contributed by atoms with E-state index in [0.29, 0.717) is 11.3 Å². The van der Waals surface area contributed by atoms with Crippen LogP contribution in [0, 0.1) is 12.3 Å². The van der Waals surface area contributed by atoms with Gasteiger partial charge in [0.15, 0.2) is 0 Å². The second kappa shape index (κ2) is 5.89. The lowest BCUT2D eigenvalue weighted by Gasteiger charge is -2.22. The monoisotopic (exact) mass is 271 g/mol. The number of anilines is 1. The van der Waals surface area contributed by atoms with E-state index in [2.05, 4.69) is 16.2 Å². The van der Waals surface area contributed by atoms with Crippen LogP contribution in [-0.2, 0) is 9.53 Å². The van der Waals surface area contributed by atoms with Crippen molar-refractivity contribution in [2.75, 3.05) is 11.9 Å². The van der Waals surface area contributed by atoms with Crippen LogP contribution in [0.5, 0.6) is 0 Å². The van der Waals surface area contributed by atoms with E-state index in [-0.39, 0.29) is 12.5 Å². The lowest BCUT2D eigenvalue weighted by atomic mass is 10.3. The van der Waals surface area contributed by atoms with Gasteiger partial charge >= 0.3 is 6.09 Å². The number of nitrogens with one attached hydrogen (secondary N) is 1. The predicted molar refractivity (Wildman–Crippen MR) is 72.4 cm³/mol. The summed E-state index contributed by atoms with van der Waals surface area (Å²) in [6, 6.07) is 3.36. The highest BCUT2D eigenvalue weighted by Gasteiger charge is 2.32. The number of carbonyl (C=O) groups excluding carboxylic acids is 2. The van der Waals surface area contributed by atoms with Crippen LogP contribution in [0.4, 0.5) is 10.5 Å². The van der Waals surface area contributed by atoms with E-state index >= 15 is 0 Å². The van der Waals surface area contributed by atoms with E-state index in [1.165, 1.54) is 11.1 Å². The number of pyridine rings is 1. The second-order valence-electron chi connectivity index (χ2n) is 4.15. The third kappa shape index (κ3) is 2.95. The van der Waals surface area contributed by atoms with Gasteiger partial charge in [0.2, 0.25) is 6.23 Å². The summed E-state index contributed by atoms with van der Waals surface area (Å²) in [5.74, 6) is 2.13. The van der Waals surface area contributed by atoms with Gasteiger partial charge in [-0.3, -0.25) is 20.0 Å². The Morgan fingerprint density at radius 1 is 1.65 bits per heavy atom. The zero-order valence-corrected chi connectivity index (χ0v) is 10.9. The highest BCUT2D eigenvalue weighted by molar-refractivity contribution is 5.96. The molecule has 0 radical (unpaired) electrons. The maximum atomic E-state index is 11.8. The van der Waals surface area contributed by atoms with E-state index in [1.807, 2.05) is 0 Å². The molecular weight excluding hydrogens is 258 g/mol. The number of terminal acetylenes is 1. The number of nitrogens with zero attached hydrogens (tertiary/aromatic N) is 2. The minimum absolute atomic E-state index is 0.0809. The van der Waals surface area contributed by atoms with Gasteiger partial charge in [-0.2, -0.15) is 0 Å². The van der Waals surface area contributed by atoms with Gasteiger partial charge in [0.25, 0.3) is 5.91 Å². The Hall–Kier alpha value is -2.81. The molecule has 0 fully saturated rings. The van der Waals surface area contributed by atoms with E-state index in [1.54, 1.807) is 31.3 Å². The van der Waals surface area contributed by atoms with Crippen molar-refractivity contribution in [3.63, 3.8) is 0 Å². The van der Waals surface area contributed by atoms with Crippen molar-refractivity contribution in [1.82, 2.24) is 9.88 Å². The Labute approximate surface area is 116 Å². The summed E-state index contributed by atoms with van der Waals surface area (Å²) in [4.78, 5) is 28.7. The Morgan fingerprint density at radius 2 is 2.45 bits per heavy atom. The number of carbonyl (C=O) groups is 2. The van der Waals surface area contributed by atoms with E-state index in [9.17, 15) is 9.59 Å². The SMILES string of the molecule is C#CCN1C(=O)C(C)=CC1OC(=O)Nc1cccnc1. The van der Waals surface area contributed by atoms with Gasteiger partial charge in [0.1, 0.15) is 0 Å². The van der Waals surface area contributed by atoms with Crippen molar-refractivity contribution >= 4 is 17.7 Å². The molecule has 0 aromatic carbocycles. The molecule has 0 bridgehead atoms. The minimum atomic E-state index is -0.782. The first kappa shape index (κ1) is 13.6. The van der Waals surface area contributed by atoms with Crippen molar-refractivity contribution in [3.05, 3.63) is 36.2 Å². The molecule has 1 aromatic rings. The van der Waals surface area contributed by atoms with Crippen molar-refractivity contribution in [2.45, 2.75) is 13.2 Å². The summed E-state index contributed by atoms with van der Waals surface area (Å²) in [5, 5.41) is 2.52. The maximum absolute atomic E-state index is 11.8. The molecule has 6 nitrogen and oxygen atoms in total. The molecular formula is C14H13N3O3. The first-order valence-electron chi connectivity index (χ1n) is 5.92. The summed E-state index contributed by atoms with van der Waals surface area (Å²) in [6.45, 7) is 1.73. The summed E-state index contributed by atoms with van der Waals surface area (Å²) in [6.07, 6.45) is 8.38. The van der Waals surface area contributed by atoms with Crippen LogP contribution in [-0.4, -0.2) is 34.7 Å². The molecule has 1 N–H and O–H groups in total. The molecule has 1 atom stereocenters. The topological polar surface area (TPSA) is 71.5 Å². The standard InChI is InChI=1S/C14H13N3O3/c1-3-7-17-12(8-10(2)13(17)18)20-14(19)16-11-5-4-6-15-9-11/h1,4-6,8-9,12H,7H2,2H3,(H,16,19). The molecule has 0 aliphatic carbocycles. The number of hydrogen-bond acceptors (Lipinski definition) is 4. The smallest absolute Gasteiger partial charge is 0.413 e. The van der Waals surface area contributed by atoms with Crippen LogP contribution < -0.4 is 5.32 Å². The first-order valence-corrected chi connectivity index (χ1v) is 5.92. The highest BCUT2D eigenvalue weighted by Crippen LogP contribution is 2.18. The molecule has 0 saturated heterocycles. The number of rotatable bonds is 3. The van der Waals surface area contributed by atoms with Gasteiger partial charge in [-0.15, -0.1) is 6.42 Å². The molecule has 1 aromatic heterocycles. The Balaban J connectivity index is 2.00. The molecule has 6 heteroatoms. The molecule has 2 heterocycles. The van der Waals surface area contributed by atoms with Crippen LogP contribution in [0.15, 0.2) is 36.2 Å². The molecule has 0 saturated carbocycles. The molecule has 102 valence electrons. The third-order valence-corrected chi connectivity index (χ3v) is 2.70. The Morgan fingerprint density at radius 3 is 3.10 bits per heavy atom. The highest BCUT2D eigenvalue weighted by atomic mass is 16.6. The third-order valence-electron chi connectivity index (χ3n) is 2.70. The summed E-state index contributed by atoms with van der Waals surface area (Å²) in [5.41, 5.74) is 1.01. The number of hydrogen-bond donors (Lipinski definition) is 1. The van der Waals surface area contributed by atoms with Crippen molar-refractivity contribution in [3.8, 4) is 12.3 Å². The molecule has 0 spiro atoms. The quantitative estimate of drug-likeness (QED) is 0.843. The fraction of sp³-hybridized carbons (Fsp3) is 0.214. The molecule has 20 heavy (non-hydrogen) atoms. The van der Waals surface area contributed by atoms with Crippen LogP contribution >= 0.6 is 0 Å². The minimum Gasteiger partial charge on any atom is -0.421 e. The fourth-order valence-electron chi connectivity index (χ4n) is 1.77. The molecule has 1 unspecified atom stereocenters. The van der Waals surface area contributed by atoms with Gasteiger partial charge in [-0.25, -0.2) is 4.79 Å². The average Bonchev–Trinajstić information content (AvgIpc) is 2.68. The fourth-order valence-corrected chi connectivity index (χ4v) is 1.77. The van der Waals surface area contributed by atoms with E-state index in [0.717, 1.165) is 0 Å². The van der Waals surface area contributed by atoms with Crippen LogP contribution in [0.1, 0.15) is 6.92 Å². The normalized spacial score (nSPS) is 17.4. The van der Waals surface area contributed by atoms with Gasteiger partial charge in [-0.1, -0.05) is 5.92 Å². The van der Waals surface area contributed by atoms with Crippen LogP contribution in [0.2, 0.25) is 0 Å². The van der Waals surface area contributed by atoms with Crippen molar-refractivity contribution in [2.24, 2.45) is 0 Å². The predicted octanol–water partition coefficient (Wildman–Crippen LogP) is 1.38. The molecule has 1 aliphatic heterocycles. The van der Waals surface area contributed by atoms with Crippen LogP contribution in [0.3, 0.4) is 0 Å². The van der Waals surface area contributed by atoms with Crippen molar-refractivity contribution in [1.29, 1.82) is 0 Å². The van der Waals surface area contributed by atoms with E-state index < -0.39 is 12.3 Å². The van der Waals surface area contributed by atoms with Gasteiger partial charge in [0.05, 0.1) is 18.4 Å². The average molecular weight is 271 g/mol. The maximum Gasteiger partial charge on any atom is 0.413 e. The summed E-state index contributed by atoms with van der Waals surface area (Å²) in [7, 11) is 0. The number of amides is 2. The number of aromatic nitrogens is 1. The number of ether oxygens (including phenoxy) is 1. The largest absolute Gasteiger partial charge is 0.421 e. The molecule has 2 rings (SSSR count). The first-order chi connectivity index (χ1) is 9.61. The molecule has 2 amide bonds. The lowest BCUT2D eigenvalue weighted by Crippen LogP contribution is -2.38. The van der Waals surface area contributed by atoms with Gasteiger partial charge in [-0.05, 0) is 25.1 Å². The van der Waals surface area contributed by atoms with Gasteiger partial charge in [0, 0.05) is 11.8 Å². The van der Waals surface area contributed by atoms with Crippen molar-refractivity contribution < 1.29 is 14.3 Å². The van der Waals surface area contributed by atoms with E-state index in [4.69, 9.17) is 11.2 Å². The Bertz CT molecular complexity index is 589. The van der Waals surface area contributed by atoms with Gasteiger partial charge < -0.3 is 4.74 Å². The lowest BCUT2D eigenvalue weighted by molar-refractivity contribution is -0.130. The second-order valence-corrected chi connectivity index (χ2v) is 4.15. The molecule has 1 aliphatic rings. The zero-order chi connectivity index (χ0) is 14.5.